The van der Waals surface area contributed by atoms with E-state index in [0.717, 1.165) is 19.5 Å². The molecule has 0 aromatic heterocycles. The summed E-state index contributed by atoms with van der Waals surface area (Å²) in [7, 11) is 0. The number of thiocarbonyl (C=S) groups is 1. The Labute approximate surface area is 87.5 Å². The van der Waals surface area contributed by atoms with Crippen molar-refractivity contribution in [3.05, 3.63) is 0 Å². The van der Waals surface area contributed by atoms with Crippen LogP contribution in [0.25, 0.3) is 0 Å². The highest BCUT2D eigenvalue weighted by Crippen LogP contribution is 2.06. The maximum absolute atomic E-state index is 5.47. The monoisotopic (exact) mass is 202 g/mol. The predicted molar refractivity (Wildman–Crippen MR) is 63.0 cm³/mol. The quantitative estimate of drug-likeness (QED) is 0.642. The molecule has 0 bridgehead atoms. The molecule has 0 fully saturated rings. The summed E-state index contributed by atoms with van der Waals surface area (Å²) in [6.45, 7) is 8.77. The molecule has 0 aliphatic rings. The van der Waals surface area contributed by atoms with Crippen LogP contribution in [0.1, 0.15) is 40.0 Å². The van der Waals surface area contributed by atoms with E-state index in [4.69, 9.17) is 18.0 Å². The van der Waals surface area contributed by atoms with Gasteiger partial charge in [0.1, 0.15) is 0 Å². The largest absolute Gasteiger partial charge is 0.393 e. The molecule has 2 nitrogen and oxygen atoms in total. The van der Waals surface area contributed by atoms with E-state index in [1.165, 1.54) is 12.8 Å². The molecule has 0 aliphatic heterocycles. The summed E-state index contributed by atoms with van der Waals surface area (Å²) in [5, 5.41) is 0. The fourth-order valence-electron chi connectivity index (χ4n) is 1.54. The minimum atomic E-state index is 0.627. The minimum Gasteiger partial charge on any atom is -0.393 e. The maximum atomic E-state index is 5.47. The van der Waals surface area contributed by atoms with Crippen molar-refractivity contribution in [2.45, 2.75) is 46.1 Å². The number of rotatable bonds is 7. The van der Waals surface area contributed by atoms with Crippen molar-refractivity contribution in [2.75, 3.05) is 13.1 Å². The molecule has 3 heteroatoms. The molecule has 0 spiro atoms. The van der Waals surface area contributed by atoms with Crippen LogP contribution in [-0.4, -0.2) is 29.0 Å². The Morgan fingerprint density at radius 3 is 2.46 bits per heavy atom. The SMILES string of the molecule is CCCC(C)N(CC)CCC(N)=S. The Bertz CT molecular complexity index is 148. The lowest BCUT2D eigenvalue weighted by molar-refractivity contribution is 0.215. The van der Waals surface area contributed by atoms with E-state index in [9.17, 15) is 0 Å². The van der Waals surface area contributed by atoms with E-state index in [2.05, 4.69) is 25.7 Å². The third kappa shape index (κ3) is 5.99. The molecule has 0 aliphatic carbocycles. The number of nitrogens with two attached hydrogens (primary N) is 1. The van der Waals surface area contributed by atoms with Crippen LogP contribution in [-0.2, 0) is 0 Å². The van der Waals surface area contributed by atoms with Gasteiger partial charge in [0.05, 0.1) is 4.99 Å². The molecular formula is C10H22N2S. The second-order valence-electron chi connectivity index (χ2n) is 3.48. The first kappa shape index (κ1) is 12.8. The normalized spacial score (nSPS) is 13.2. The highest BCUT2D eigenvalue weighted by Gasteiger charge is 2.10. The lowest BCUT2D eigenvalue weighted by atomic mass is 10.1. The lowest BCUT2D eigenvalue weighted by Gasteiger charge is -2.27. The molecule has 2 N–H and O–H groups in total. The first-order chi connectivity index (χ1) is 6.11. The van der Waals surface area contributed by atoms with Crippen molar-refractivity contribution in [1.82, 2.24) is 4.90 Å². The highest BCUT2D eigenvalue weighted by molar-refractivity contribution is 7.80. The predicted octanol–water partition coefficient (Wildman–Crippen LogP) is 2.17. The second kappa shape index (κ2) is 7.27. The van der Waals surface area contributed by atoms with Gasteiger partial charge in [-0.25, -0.2) is 0 Å². The van der Waals surface area contributed by atoms with Gasteiger partial charge in [-0.15, -0.1) is 0 Å². The third-order valence-electron chi connectivity index (χ3n) is 2.38. The van der Waals surface area contributed by atoms with E-state index in [0.29, 0.717) is 11.0 Å². The first-order valence-electron chi connectivity index (χ1n) is 5.14. The van der Waals surface area contributed by atoms with E-state index in [1.807, 2.05) is 0 Å². The topological polar surface area (TPSA) is 29.3 Å². The maximum Gasteiger partial charge on any atom is 0.0740 e. The van der Waals surface area contributed by atoms with Gasteiger partial charge in [-0.2, -0.15) is 0 Å². The Morgan fingerprint density at radius 1 is 1.46 bits per heavy atom. The molecule has 0 amide bonds. The van der Waals surface area contributed by atoms with E-state index >= 15 is 0 Å². The van der Waals surface area contributed by atoms with Gasteiger partial charge >= 0.3 is 0 Å². The van der Waals surface area contributed by atoms with Crippen molar-refractivity contribution in [2.24, 2.45) is 5.73 Å². The van der Waals surface area contributed by atoms with Gasteiger partial charge < -0.3 is 10.6 Å². The molecular weight excluding hydrogens is 180 g/mol. The smallest absolute Gasteiger partial charge is 0.0740 e. The van der Waals surface area contributed by atoms with E-state index in [1.54, 1.807) is 0 Å². The van der Waals surface area contributed by atoms with Crippen LogP contribution in [0.5, 0.6) is 0 Å². The molecule has 0 saturated heterocycles. The van der Waals surface area contributed by atoms with Gasteiger partial charge in [-0.3, -0.25) is 0 Å². The summed E-state index contributed by atoms with van der Waals surface area (Å²) in [6, 6.07) is 0.657. The highest BCUT2D eigenvalue weighted by atomic mass is 32.1. The minimum absolute atomic E-state index is 0.627. The van der Waals surface area contributed by atoms with Crippen LogP contribution in [0.3, 0.4) is 0 Å². The molecule has 0 rings (SSSR count). The number of hydrogen-bond acceptors (Lipinski definition) is 2. The van der Waals surface area contributed by atoms with Gasteiger partial charge in [0, 0.05) is 19.0 Å². The Morgan fingerprint density at radius 2 is 2.08 bits per heavy atom. The van der Waals surface area contributed by atoms with Crippen LogP contribution in [0, 0.1) is 0 Å². The van der Waals surface area contributed by atoms with E-state index < -0.39 is 0 Å². The average molecular weight is 202 g/mol. The lowest BCUT2D eigenvalue weighted by Crippen LogP contribution is -2.35. The van der Waals surface area contributed by atoms with Crippen molar-refractivity contribution < 1.29 is 0 Å². The Balaban J connectivity index is 3.79. The second-order valence-corrected chi connectivity index (χ2v) is 4.01. The first-order valence-corrected chi connectivity index (χ1v) is 5.55. The third-order valence-corrected chi connectivity index (χ3v) is 2.59. The summed E-state index contributed by atoms with van der Waals surface area (Å²) >= 11 is 4.86. The van der Waals surface area contributed by atoms with Crippen molar-refractivity contribution in [3.63, 3.8) is 0 Å². The number of hydrogen-bond donors (Lipinski definition) is 1. The molecule has 13 heavy (non-hydrogen) atoms. The van der Waals surface area contributed by atoms with Crippen LogP contribution < -0.4 is 5.73 Å². The molecule has 0 aromatic rings. The van der Waals surface area contributed by atoms with Gasteiger partial charge in [-0.1, -0.05) is 32.5 Å². The van der Waals surface area contributed by atoms with Crippen molar-refractivity contribution >= 4 is 17.2 Å². The zero-order valence-corrected chi connectivity index (χ0v) is 9.86. The van der Waals surface area contributed by atoms with Crippen molar-refractivity contribution in [3.8, 4) is 0 Å². The van der Waals surface area contributed by atoms with Crippen LogP contribution >= 0.6 is 12.2 Å². The van der Waals surface area contributed by atoms with Crippen LogP contribution in [0.2, 0.25) is 0 Å². The van der Waals surface area contributed by atoms with Crippen molar-refractivity contribution in [1.29, 1.82) is 0 Å². The van der Waals surface area contributed by atoms with Gasteiger partial charge in [0.15, 0.2) is 0 Å². The van der Waals surface area contributed by atoms with Crippen LogP contribution in [0.4, 0.5) is 0 Å². The zero-order chi connectivity index (χ0) is 10.3. The molecule has 78 valence electrons. The average Bonchev–Trinajstić information content (AvgIpc) is 2.05. The summed E-state index contributed by atoms with van der Waals surface area (Å²) < 4.78 is 0. The molecule has 0 heterocycles. The molecule has 0 aromatic carbocycles. The molecule has 1 atom stereocenters. The summed E-state index contributed by atoms with van der Waals surface area (Å²) in [4.78, 5) is 3.06. The summed E-state index contributed by atoms with van der Waals surface area (Å²) in [5.74, 6) is 0. The van der Waals surface area contributed by atoms with Gasteiger partial charge in [-0.05, 0) is 19.9 Å². The molecule has 0 saturated carbocycles. The fourth-order valence-corrected chi connectivity index (χ4v) is 1.64. The molecule has 1 unspecified atom stereocenters. The summed E-state index contributed by atoms with van der Waals surface area (Å²) in [5.41, 5.74) is 5.47. The standard InChI is InChI=1S/C10H22N2S/c1-4-6-9(3)12(5-2)8-7-10(11)13/h9H,4-8H2,1-3H3,(H2,11,13). The Kier molecular flexibility index (Phi) is 7.19. The zero-order valence-electron chi connectivity index (χ0n) is 9.05. The molecule has 0 radical (unpaired) electrons. The van der Waals surface area contributed by atoms with Gasteiger partial charge in [0.25, 0.3) is 0 Å². The summed E-state index contributed by atoms with van der Waals surface area (Å²) in [6.07, 6.45) is 3.34. The Hall–Kier alpha value is -0.150. The van der Waals surface area contributed by atoms with E-state index in [-0.39, 0.29) is 0 Å². The van der Waals surface area contributed by atoms with Crippen LogP contribution in [0.15, 0.2) is 0 Å². The van der Waals surface area contributed by atoms with Gasteiger partial charge in [0.2, 0.25) is 0 Å². The number of nitrogens with zero attached hydrogens (tertiary/aromatic N) is 1. The fraction of sp³-hybridized carbons (Fsp3) is 0.900.